The Morgan fingerprint density at radius 1 is 0.905 bits per heavy atom. The molecule has 3 heteroatoms. The van der Waals surface area contributed by atoms with Crippen molar-refractivity contribution in [1.29, 1.82) is 0 Å². The van der Waals surface area contributed by atoms with E-state index in [1.807, 2.05) is 0 Å². The van der Waals surface area contributed by atoms with E-state index in [4.69, 9.17) is 4.74 Å². The molecule has 0 aromatic carbocycles. The van der Waals surface area contributed by atoms with Gasteiger partial charge in [-0.15, -0.1) is 0 Å². The lowest BCUT2D eigenvalue weighted by Gasteiger charge is -2.13. The zero-order valence-corrected chi connectivity index (χ0v) is 14.7. The predicted octanol–water partition coefficient (Wildman–Crippen LogP) is 4.11. The number of esters is 1. The summed E-state index contributed by atoms with van der Waals surface area (Å²) in [7, 11) is 0. The third-order valence-corrected chi connectivity index (χ3v) is 4.38. The molecule has 0 unspecified atom stereocenters. The number of rotatable bonds is 14. The summed E-state index contributed by atoms with van der Waals surface area (Å²) in [5.41, 5.74) is 3.90. The zero-order chi connectivity index (χ0) is 15.9. The number of hydrogen-bond donors (Lipinski definition) is 1. The van der Waals surface area contributed by atoms with Crippen LogP contribution in [-0.2, 0) is 9.53 Å². The van der Waals surface area contributed by atoms with Gasteiger partial charge in [-0.1, -0.05) is 78.6 Å². The van der Waals surface area contributed by atoms with Crippen LogP contribution in [0.15, 0.2) is 0 Å². The fraction of sp³-hybridized carbons (Fsp3) is 0.944. The van der Waals surface area contributed by atoms with Gasteiger partial charge >= 0.3 is 5.97 Å². The number of ether oxygens (including phenoxy) is 1. The van der Waals surface area contributed by atoms with Crippen LogP contribution in [-0.4, -0.2) is 18.6 Å². The molecule has 0 aromatic heterocycles. The highest BCUT2D eigenvalue weighted by Gasteiger charge is 2.24. The van der Waals surface area contributed by atoms with Crippen LogP contribution < -0.4 is 5.73 Å². The molecule has 3 nitrogen and oxygen atoms in total. The van der Waals surface area contributed by atoms with Crippen molar-refractivity contribution in [2.75, 3.05) is 6.61 Å². The van der Waals surface area contributed by atoms with Crippen LogP contribution in [0, 0.1) is 5.92 Å². The topological polar surface area (TPSA) is 53.9 Å². The highest BCUT2D eigenvalue weighted by Crippen LogP contribution is 2.11. The highest BCUT2D eigenvalue weighted by atomic mass is 16.5. The summed E-state index contributed by atoms with van der Waals surface area (Å²) in [4.78, 5) is 11.7. The largest absolute Gasteiger partial charge is 0.461 e. The van der Waals surface area contributed by atoms with Gasteiger partial charge in [0, 0.05) is 5.92 Å². The van der Waals surface area contributed by atoms with E-state index < -0.39 is 0 Å². The zero-order valence-electron chi connectivity index (χ0n) is 14.7. The third-order valence-electron chi connectivity index (χ3n) is 4.38. The Hall–Kier alpha value is -0.570. The molecule has 0 spiro atoms. The van der Waals surface area contributed by atoms with Crippen LogP contribution in [0.5, 0.6) is 0 Å². The second kappa shape index (κ2) is 14.4. The average Bonchev–Trinajstić information content (AvgIpc) is 2.50. The summed E-state index contributed by atoms with van der Waals surface area (Å²) in [5.74, 6) is 0.186. The van der Waals surface area contributed by atoms with E-state index in [1.54, 1.807) is 0 Å². The van der Waals surface area contributed by atoms with Crippen molar-refractivity contribution >= 4 is 5.97 Å². The average molecular weight is 301 g/mol. The van der Waals surface area contributed by atoms with Crippen LogP contribution in [0.3, 0.4) is 0 Å². The van der Waals surface area contributed by atoms with Gasteiger partial charge in [0.25, 0.3) is 0 Å². The van der Waals surface area contributed by atoms with Crippen molar-refractivity contribution in [1.82, 2.24) is 0 Å². The number of hydrogen-bond acceptors (Lipinski definition) is 2. The predicted molar refractivity (Wildman–Crippen MR) is 88.9 cm³/mol. The normalized spacial score (nSPS) is 13.9. The molecular weight excluding hydrogens is 262 g/mol. The quantitative estimate of drug-likeness (QED) is 0.388. The molecule has 2 atom stereocenters. The minimum absolute atomic E-state index is 0.125. The van der Waals surface area contributed by atoms with Crippen LogP contribution in [0.1, 0.15) is 91.4 Å². The lowest BCUT2D eigenvalue weighted by atomic mass is 10.0. The fourth-order valence-electron chi connectivity index (χ4n) is 2.39. The monoisotopic (exact) mass is 300 g/mol. The van der Waals surface area contributed by atoms with E-state index in [1.165, 1.54) is 57.8 Å². The molecule has 126 valence electrons. The first kappa shape index (κ1) is 20.4. The Bertz CT molecular complexity index is 243. The maximum Gasteiger partial charge on any atom is 0.365 e. The highest BCUT2D eigenvalue weighted by molar-refractivity contribution is 5.74. The maximum atomic E-state index is 11.7. The van der Waals surface area contributed by atoms with Gasteiger partial charge in [0.05, 0.1) is 6.61 Å². The SMILES string of the molecule is CCCCCCCCCCCCOC(=O)[C@@H]([NH3+])[C@@H](C)CC. The van der Waals surface area contributed by atoms with Gasteiger partial charge in [-0.3, -0.25) is 0 Å². The third kappa shape index (κ3) is 11.7. The number of quaternary nitrogens is 1. The van der Waals surface area contributed by atoms with Gasteiger partial charge in [0.15, 0.2) is 6.04 Å². The van der Waals surface area contributed by atoms with E-state index in [9.17, 15) is 4.79 Å². The molecular formula is C18H38NO2+. The maximum absolute atomic E-state index is 11.7. The van der Waals surface area contributed by atoms with Gasteiger partial charge in [0.2, 0.25) is 0 Å². The second-order valence-corrected chi connectivity index (χ2v) is 6.34. The van der Waals surface area contributed by atoms with E-state index in [2.05, 4.69) is 26.5 Å². The summed E-state index contributed by atoms with van der Waals surface area (Å²) in [6, 6.07) is -0.210. The number of carbonyl (C=O) groups excluding carboxylic acids is 1. The molecule has 0 heterocycles. The summed E-state index contributed by atoms with van der Waals surface area (Å²) < 4.78 is 5.30. The fourth-order valence-corrected chi connectivity index (χ4v) is 2.39. The molecule has 0 radical (unpaired) electrons. The van der Waals surface area contributed by atoms with Crippen molar-refractivity contribution in [2.45, 2.75) is 97.4 Å². The Balaban J connectivity index is 3.30. The van der Waals surface area contributed by atoms with E-state index in [0.29, 0.717) is 12.5 Å². The summed E-state index contributed by atoms with van der Waals surface area (Å²) >= 11 is 0. The molecule has 21 heavy (non-hydrogen) atoms. The minimum Gasteiger partial charge on any atom is -0.461 e. The summed E-state index contributed by atoms with van der Waals surface area (Å²) in [5, 5.41) is 0. The van der Waals surface area contributed by atoms with Crippen LogP contribution >= 0.6 is 0 Å². The first-order valence-electron chi connectivity index (χ1n) is 9.13. The van der Waals surface area contributed by atoms with Crippen molar-refractivity contribution in [3.63, 3.8) is 0 Å². The van der Waals surface area contributed by atoms with Crippen molar-refractivity contribution in [3.05, 3.63) is 0 Å². The van der Waals surface area contributed by atoms with E-state index in [0.717, 1.165) is 12.8 Å². The first-order valence-corrected chi connectivity index (χ1v) is 9.13. The molecule has 0 aliphatic heterocycles. The van der Waals surface area contributed by atoms with E-state index >= 15 is 0 Å². The minimum atomic E-state index is -0.210. The molecule has 0 bridgehead atoms. The van der Waals surface area contributed by atoms with E-state index in [-0.39, 0.29) is 12.0 Å². The van der Waals surface area contributed by atoms with Crippen LogP contribution in [0.2, 0.25) is 0 Å². The van der Waals surface area contributed by atoms with Crippen molar-refractivity contribution in [2.24, 2.45) is 5.92 Å². The standard InChI is InChI=1S/C18H37NO2/c1-4-6-7-8-9-10-11-12-13-14-15-21-18(20)17(19)16(3)5-2/h16-17H,4-15,19H2,1-3H3/p+1/t16-,17-/m0/s1. The van der Waals surface area contributed by atoms with Gasteiger partial charge in [0.1, 0.15) is 0 Å². The summed E-state index contributed by atoms with van der Waals surface area (Å²) in [6.45, 7) is 6.96. The molecule has 0 rings (SSSR count). The molecule has 0 aliphatic rings. The van der Waals surface area contributed by atoms with Crippen molar-refractivity contribution in [3.8, 4) is 0 Å². The van der Waals surface area contributed by atoms with Gasteiger partial charge in [-0.2, -0.15) is 0 Å². The number of unbranched alkanes of at least 4 members (excludes halogenated alkanes) is 9. The van der Waals surface area contributed by atoms with Crippen LogP contribution in [0.25, 0.3) is 0 Å². The molecule has 0 amide bonds. The molecule has 3 N–H and O–H groups in total. The lowest BCUT2D eigenvalue weighted by molar-refractivity contribution is -0.420. The molecule has 0 saturated carbocycles. The Labute approximate surface area is 132 Å². The smallest absolute Gasteiger partial charge is 0.365 e. The van der Waals surface area contributed by atoms with Gasteiger partial charge in [-0.05, 0) is 12.8 Å². The molecule has 0 saturated heterocycles. The number of carbonyl (C=O) groups is 1. The Morgan fingerprint density at radius 2 is 1.38 bits per heavy atom. The van der Waals surface area contributed by atoms with Crippen LogP contribution in [0.4, 0.5) is 0 Å². The first-order chi connectivity index (χ1) is 10.1. The summed E-state index contributed by atoms with van der Waals surface area (Å²) in [6.07, 6.45) is 14.0. The van der Waals surface area contributed by atoms with Gasteiger partial charge < -0.3 is 10.5 Å². The van der Waals surface area contributed by atoms with Crippen molar-refractivity contribution < 1.29 is 15.3 Å². The lowest BCUT2D eigenvalue weighted by Crippen LogP contribution is -2.68. The molecule has 0 aliphatic carbocycles. The Morgan fingerprint density at radius 3 is 1.86 bits per heavy atom. The Kier molecular flexibility index (Phi) is 14.0. The molecule has 0 aromatic rings. The van der Waals surface area contributed by atoms with Gasteiger partial charge in [-0.25, -0.2) is 4.79 Å². The molecule has 0 fully saturated rings. The second-order valence-electron chi connectivity index (χ2n) is 6.34.